The van der Waals surface area contributed by atoms with Crippen molar-refractivity contribution in [1.29, 1.82) is 0 Å². The van der Waals surface area contributed by atoms with E-state index in [0.717, 1.165) is 73.6 Å². The number of amides is 2. The van der Waals surface area contributed by atoms with Crippen molar-refractivity contribution in [2.75, 3.05) is 31.6 Å². The molecule has 2 aliphatic rings. The number of pyridine rings is 1. The normalized spacial score (nSPS) is 20.1. The van der Waals surface area contributed by atoms with E-state index in [2.05, 4.69) is 34.4 Å². The highest BCUT2D eigenvalue weighted by molar-refractivity contribution is 6.04. The second kappa shape index (κ2) is 10.6. The molecule has 35 heavy (non-hydrogen) atoms. The Hall–Kier alpha value is -3.16. The summed E-state index contributed by atoms with van der Waals surface area (Å²) >= 11 is 0. The Balaban J connectivity index is 1.24. The molecule has 1 aliphatic heterocycles. The fourth-order valence-corrected chi connectivity index (χ4v) is 4.77. The Morgan fingerprint density at radius 3 is 2.66 bits per heavy atom. The van der Waals surface area contributed by atoms with E-state index in [1.54, 1.807) is 6.20 Å². The summed E-state index contributed by atoms with van der Waals surface area (Å²) in [7, 11) is 0. The van der Waals surface area contributed by atoms with Crippen molar-refractivity contribution in [1.82, 2.24) is 15.2 Å². The maximum atomic E-state index is 12.6. The summed E-state index contributed by atoms with van der Waals surface area (Å²) in [5, 5.41) is 8.02. The van der Waals surface area contributed by atoms with Crippen LogP contribution in [-0.2, 0) is 11.3 Å². The molecule has 1 saturated heterocycles. The summed E-state index contributed by atoms with van der Waals surface area (Å²) in [6, 6.07) is 15.9. The van der Waals surface area contributed by atoms with Gasteiger partial charge in [0.2, 0.25) is 0 Å². The molecule has 1 saturated carbocycles. The third-order valence-corrected chi connectivity index (χ3v) is 6.66. The predicted octanol–water partition coefficient (Wildman–Crippen LogP) is 5.42. The molecule has 1 aliphatic carbocycles. The van der Waals surface area contributed by atoms with Gasteiger partial charge in [0, 0.05) is 36.4 Å². The minimum atomic E-state index is -0.153. The number of urea groups is 1. The van der Waals surface area contributed by atoms with E-state index in [-0.39, 0.29) is 12.1 Å². The lowest BCUT2D eigenvalue weighted by molar-refractivity contribution is 0.0336. The van der Waals surface area contributed by atoms with E-state index in [9.17, 15) is 4.79 Å². The van der Waals surface area contributed by atoms with Gasteiger partial charge in [-0.1, -0.05) is 38.1 Å². The number of hydrogen-bond donors (Lipinski definition) is 2. The Bertz CT molecular complexity index is 1160. The zero-order chi connectivity index (χ0) is 24.2. The second-order valence-electron chi connectivity index (χ2n) is 9.96. The molecule has 2 aromatic carbocycles. The first kappa shape index (κ1) is 23.6. The van der Waals surface area contributed by atoms with Crippen LogP contribution in [0.5, 0.6) is 11.5 Å². The molecule has 2 N–H and O–H groups in total. The minimum absolute atomic E-state index is 0.153. The molecule has 2 atom stereocenters. The van der Waals surface area contributed by atoms with Gasteiger partial charge in [0.05, 0.1) is 30.8 Å². The molecule has 7 heteroatoms. The number of rotatable bonds is 8. The number of carbonyl (C=O) groups excluding carboxylic acids is 1. The standard InChI is InChI=1S/C28H34N4O3/c1-19(2)15-20-16-26(20)31-28(33)30-25-9-10-27(24-6-4-3-5-23(24)25)35-22-8-7-21(29-17-22)18-32-11-13-34-14-12-32/h3-10,17,19-20,26H,11-16,18H2,1-2H3,(H2,30,31,33). The zero-order valence-corrected chi connectivity index (χ0v) is 20.5. The number of anilines is 1. The van der Waals surface area contributed by atoms with Crippen LogP contribution >= 0.6 is 0 Å². The van der Waals surface area contributed by atoms with Crippen LogP contribution in [0.1, 0.15) is 32.4 Å². The molecule has 2 fully saturated rings. The van der Waals surface area contributed by atoms with Gasteiger partial charge in [0.1, 0.15) is 11.5 Å². The van der Waals surface area contributed by atoms with Crippen molar-refractivity contribution < 1.29 is 14.3 Å². The number of nitrogens with one attached hydrogen (secondary N) is 2. The number of morpholine rings is 1. The Morgan fingerprint density at radius 2 is 1.91 bits per heavy atom. The second-order valence-corrected chi connectivity index (χ2v) is 9.96. The molecule has 0 bridgehead atoms. The number of aromatic nitrogens is 1. The van der Waals surface area contributed by atoms with Gasteiger partial charge in [-0.2, -0.15) is 0 Å². The van der Waals surface area contributed by atoms with Crippen LogP contribution in [0.3, 0.4) is 0 Å². The number of hydrogen-bond acceptors (Lipinski definition) is 5. The molecule has 2 heterocycles. The third kappa shape index (κ3) is 6.10. The first-order chi connectivity index (χ1) is 17.0. The fraction of sp³-hybridized carbons (Fsp3) is 0.429. The summed E-state index contributed by atoms with van der Waals surface area (Å²) in [6.07, 6.45) is 3.99. The lowest BCUT2D eigenvalue weighted by atomic mass is 10.1. The van der Waals surface area contributed by atoms with E-state index in [1.807, 2.05) is 48.5 Å². The molecule has 7 nitrogen and oxygen atoms in total. The molecule has 2 unspecified atom stereocenters. The highest BCUT2D eigenvalue weighted by Crippen LogP contribution is 2.37. The average molecular weight is 475 g/mol. The van der Waals surface area contributed by atoms with Crippen LogP contribution in [0.4, 0.5) is 10.5 Å². The van der Waals surface area contributed by atoms with Crippen molar-refractivity contribution in [3.8, 4) is 11.5 Å². The highest BCUT2D eigenvalue weighted by atomic mass is 16.5. The maximum absolute atomic E-state index is 12.6. The summed E-state index contributed by atoms with van der Waals surface area (Å²) in [5.74, 6) is 2.67. The first-order valence-electron chi connectivity index (χ1n) is 12.6. The molecule has 5 rings (SSSR count). The predicted molar refractivity (Wildman–Crippen MR) is 138 cm³/mol. The van der Waals surface area contributed by atoms with Gasteiger partial charge in [-0.25, -0.2) is 4.79 Å². The topological polar surface area (TPSA) is 75.7 Å². The van der Waals surface area contributed by atoms with Gasteiger partial charge < -0.3 is 20.1 Å². The molecule has 2 amide bonds. The lowest BCUT2D eigenvalue weighted by Crippen LogP contribution is -2.35. The Morgan fingerprint density at radius 1 is 1.11 bits per heavy atom. The molecular formula is C28H34N4O3. The molecule has 3 aromatic rings. The van der Waals surface area contributed by atoms with Crippen LogP contribution in [0, 0.1) is 11.8 Å². The van der Waals surface area contributed by atoms with E-state index >= 15 is 0 Å². The molecular weight excluding hydrogens is 440 g/mol. The molecule has 0 radical (unpaired) electrons. The fourth-order valence-electron chi connectivity index (χ4n) is 4.77. The SMILES string of the molecule is CC(C)CC1CC1NC(=O)Nc1ccc(Oc2ccc(CN3CCOCC3)nc2)c2ccccc12. The van der Waals surface area contributed by atoms with Crippen LogP contribution in [0.2, 0.25) is 0 Å². The Kier molecular flexibility index (Phi) is 7.16. The van der Waals surface area contributed by atoms with Crippen molar-refractivity contribution in [3.63, 3.8) is 0 Å². The first-order valence-corrected chi connectivity index (χ1v) is 12.6. The quantitative estimate of drug-likeness (QED) is 0.456. The zero-order valence-electron chi connectivity index (χ0n) is 20.5. The lowest BCUT2D eigenvalue weighted by Gasteiger charge is -2.26. The maximum Gasteiger partial charge on any atom is 0.319 e. The summed E-state index contributed by atoms with van der Waals surface area (Å²) in [6.45, 7) is 8.68. The van der Waals surface area contributed by atoms with Gasteiger partial charge in [-0.05, 0) is 48.9 Å². The summed E-state index contributed by atoms with van der Waals surface area (Å²) in [5.41, 5.74) is 1.78. The van der Waals surface area contributed by atoms with Gasteiger partial charge in [-0.3, -0.25) is 9.88 Å². The number of carbonyl (C=O) groups is 1. The van der Waals surface area contributed by atoms with Gasteiger partial charge in [0.15, 0.2) is 0 Å². The van der Waals surface area contributed by atoms with Crippen LogP contribution in [0.25, 0.3) is 10.8 Å². The van der Waals surface area contributed by atoms with Crippen molar-refractivity contribution in [2.45, 2.75) is 39.3 Å². The van der Waals surface area contributed by atoms with E-state index in [4.69, 9.17) is 9.47 Å². The monoisotopic (exact) mass is 474 g/mol. The number of nitrogens with zero attached hydrogens (tertiary/aromatic N) is 2. The molecule has 0 spiro atoms. The van der Waals surface area contributed by atoms with Gasteiger partial charge in [-0.15, -0.1) is 0 Å². The molecule has 1 aromatic heterocycles. The number of ether oxygens (including phenoxy) is 2. The average Bonchev–Trinajstić information content (AvgIpc) is 3.58. The van der Waals surface area contributed by atoms with E-state index < -0.39 is 0 Å². The van der Waals surface area contributed by atoms with Gasteiger partial charge in [0.25, 0.3) is 0 Å². The smallest absolute Gasteiger partial charge is 0.319 e. The van der Waals surface area contributed by atoms with Crippen LogP contribution in [0.15, 0.2) is 54.7 Å². The summed E-state index contributed by atoms with van der Waals surface area (Å²) in [4.78, 5) is 19.5. The van der Waals surface area contributed by atoms with Crippen LogP contribution in [-0.4, -0.2) is 48.3 Å². The van der Waals surface area contributed by atoms with Crippen LogP contribution < -0.4 is 15.4 Å². The van der Waals surface area contributed by atoms with E-state index in [0.29, 0.717) is 17.6 Å². The van der Waals surface area contributed by atoms with Gasteiger partial charge >= 0.3 is 6.03 Å². The third-order valence-electron chi connectivity index (χ3n) is 6.66. The summed E-state index contributed by atoms with van der Waals surface area (Å²) < 4.78 is 11.6. The van der Waals surface area contributed by atoms with Crippen molar-refractivity contribution in [2.24, 2.45) is 11.8 Å². The van der Waals surface area contributed by atoms with Crippen molar-refractivity contribution >= 4 is 22.5 Å². The highest BCUT2D eigenvalue weighted by Gasteiger charge is 2.38. The number of fused-ring (bicyclic) bond motifs is 1. The largest absolute Gasteiger partial charge is 0.455 e. The van der Waals surface area contributed by atoms with Crippen molar-refractivity contribution in [3.05, 3.63) is 60.4 Å². The number of benzene rings is 2. The van der Waals surface area contributed by atoms with E-state index in [1.165, 1.54) is 0 Å². The molecule has 184 valence electrons. The minimum Gasteiger partial charge on any atom is -0.455 e. The Labute approximate surface area is 206 Å².